The van der Waals surface area contributed by atoms with Crippen LogP contribution in [0.5, 0.6) is 0 Å². The van der Waals surface area contributed by atoms with Gasteiger partial charge in [-0.1, -0.05) is 26.2 Å². The van der Waals surface area contributed by atoms with Gasteiger partial charge in [-0.15, -0.1) is 0 Å². The average Bonchev–Trinajstić information content (AvgIpc) is 2.44. The van der Waals surface area contributed by atoms with Crippen molar-refractivity contribution < 1.29 is 52.1 Å². The van der Waals surface area contributed by atoms with Crippen molar-refractivity contribution in [3.63, 3.8) is 0 Å². The fraction of sp³-hybridized carbons (Fsp3) is 0.833. The summed E-state index contributed by atoms with van der Waals surface area (Å²) in [6, 6.07) is 0. The molecule has 0 rings (SSSR count). The Balaban J connectivity index is 5.25. The van der Waals surface area contributed by atoms with Crippen LogP contribution in [0.3, 0.4) is 0 Å². The second-order valence-corrected chi connectivity index (χ2v) is 6.55. The van der Waals surface area contributed by atoms with Gasteiger partial charge in [0.15, 0.2) is 0 Å². The maximum Gasteiger partial charge on any atom is 0.460 e. The highest BCUT2D eigenvalue weighted by molar-refractivity contribution is 7.88. The van der Waals surface area contributed by atoms with Crippen LogP contribution in [0, 0.1) is 0 Å². The lowest BCUT2D eigenvalue weighted by molar-refractivity contribution is -0.382. The fourth-order valence-corrected chi connectivity index (χ4v) is 2.24. The monoisotopic (exact) mass is 410 g/mol. The largest absolute Gasteiger partial charge is 0.460 e. The number of unbranched alkanes of at least 4 members (excludes halogenated alkanes) is 4. The SMILES string of the molecule is CCCCCC/C=C\OS(=O)(=O)C(F)(F)C(F)(F)C(F)(F)C(F)(F)F. The predicted molar refractivity (Wildman–Crippen MR) is 68.8 cm³/mol. The number of hydrogen-bond acceptors (Lipinski definition) is 3. The van der Waals surface area contributed by atoms with Gasteiger partial charge in [0.2, 0.25) is 0 Å². The molecule has 0 radical (unpaired) electrons. The second kappa shape index (κ2) is 8.04. The van der Waals surface area contributed by atoms with Crippen LogP contribution in [-0.4, -0.2) is 31.7 Å². The number of rotatable bonds is 10. The third-order valence-electron chi connectivity index (χ3n) is 2.93. The first kappa shape index (κ1) is 23.9. The normalized spacial score (nSPS) is 15.0. The summed E-state index contributed by atoms with van der Waals surface area (Å²) in [6.07, 6.45) is -3.35. The maximum atomic E-state index is 13.2. The first-order chi connectivity index (χ1) is 11.1. The first-order valence-corrected chi connectivity index (χ1v) is 8.25. The van der Waals surface area contributed by atoms with Crippen LogP contribution >= 0.6 is 0 Å². The minimum Gasteiger partial charge on any atom is -0.386 e. The van der Waals surface area contributed by atoms with E-state index in [9.17, 15) is 47.9 Å². The van der Waals surface area contributed by atoms with Crippen molar-refractivity contribution >= 4 is 10.1 Å². The van der Waals surface area contributed by atoms with Crippen LogP contribution in [-0.2, 0) is 14.3 Å². The Kier molecular flexibility index (Phi) is 7.67. The molecule has 0 heterocycles. The van der Waals surface area contributed by atoms with Gasteiger partial charge in [0.25, 0.3) is 0 Å². The number of alkyl halides is 9. The van der Waals surface area contributed by atoms with Crippen molar-refractivity contribution in [3.8, 4) is 0 Å². The van der Waals surface area contributed by atoms with Gasteiger partial charge >= 0.3 is 33.4 Å². The smallest absolute Gasteiger partial charge is 0.386 e. The average molecular weight is 410 g/mol. The first-order valence-electron chi connectivity index (χ1n) is 6.84. The summed E-state index contributed by atoms with van der Waals surface area (Å²) in [6.45, 7) is 1.88. The van der Waals surface area contributed by atoms with E-state index in [-0.39, 0.29) is 12.7 Å². The molecule has 0 bridgehead atoms. The Bertz CT molecular complexity index is 553. The summed E-state index contributed by atoms with van der Waals surface area (Å²) in [4.78, 5) is 0. The second-order valence-electron chi connectivity index (χ2n) is 4.93. The van der Waals surface area contributed by atoms with Crippen LogP contribution in [0.25, 0.3) is 0 Å². The van der Waals surface area contributed by atoms with Gasteiger partial charge in [-0.05, 0) is 18.9 Å². The van der Waals surface area contributed by atoms with E-state index in [1.54, 1.807) is 0 Å². The van der Waals surface area contributed by atoms with Crippen molar-refractivity contribution in [3.05, 3.63) is 12.3 Å². The van der Waals surface area contributed by atoms with Crippen molar-refractivity contribution in [2.75, 3.05) is 0 Å². The van der Waals surface area contributed by atoms with Crippen LogP contribution in [0.4, 0.5) is 39.5 Å². The summed E-state index contributed by atoms with van der Waals surface area (Å²) < 4.78 is 139. The standard InChI is InChI=1S/C12H15F9O3S/c1-2-3-4-5-6-7-8-24-25(22,23)12(20,21)10(15,16)9(13,14)11(17,18)19/h7-8H,2-6H2,1H3/b8-7-. The Morgan fingerprint density at radius 2 is 1.36 bits per heavy atom. The highest BCUT2D eigenvalue weighted by atomic mass is 32.2. The van der Waals surface area contributed by atoms with E-state index in [1.165, 1.54) is 0 Å². The molecule has 150 valence electrons. The van der Waals surface area contributed by atoms with Gasteiger partial charge in [0.05, 0.1) is 0 Å². The van der Waals surface area contributed by atoms with Crippen molar-refractivity contribution in [2.24, 2.45) is 0 Å². The minimum absolute atomic E-state index is 0.0248. The summed E-state index contributed by atoms with van der Waals surface area (Å²) in [5.41, 5.74) is 0. The molecule has 0 saturated heterocycles. The Labute approximate surface area is 138 Å². The molecule has 0 unspecified atom stereocenters. The van der Waals surface area contributed by atoms with E-state index < -0.39 is 33.4 Å². The zero-order chi connectivity index (χ0) is 20.2. The molecular formula is C12H15F9O3S. The van der Waals surface area contributed by atoms with E-state index in [0.717, 1.165) is 18.9 Å². The molecule has 3 nitrogen and oxygen atoms in total. The fourth-order valence-electron chi connectivity index (χ4n) is 1.45. The molecule has 25 heavy (non-hydrogen) atoms. The van der Waals surface area contributed by atoms with Gasteiger partial charge < -0.3 is 4.18 Å². The predicted octanol–water partition coefficient (Wildman–Crippen LogP) is 5.24. The third kappa shape index (κ3) is 4.94. The zero-order valence-electron chi connectivity index (χ0n) is 12.7. The van der Waals surface area contributed by atoms with Crippen molar-refractivity contribution in [2.45, 2.75) is 62.3 Å². The molecule has 0 aromatic carbocycles. The van der Waals surface area contributed by atoms with E-state index in [2.05, 4.69) is 4.18 Å². The Morgan fingerprint density at radius 3 is 1.80 bits per heavy atom. The van der Waals surface area contributed by atoms with Gasteiger partial charge in [0.1, 0.15) is 6.26 Å². The molecule has 0 amide bonds. The van der Waals surface area contributed by atoms with Crippen LogP contribution in [0.15, 0.2) is 12.3 Å². The lowest BCUT2D eigenvalue weighted by atomic mass is 10.1. The Morgan fingerprint density at radius 1 is 0.840 bits per heavy atom. The van der Waals surface area contributed by atoms with Crippen molar-refractivity contribution in [1.29, 1.82) is 0 Å². The topological polar surface area (TPSA) is 43.4 Å². The molecular weight excluding hydrogens is 395 g/mol. The molecule has 0 aliphatic heterocycles. The molecule has 0 aromatic heterocycles. The summed E-state index contributed by atoms with van der Waals surface area (Å²) in [5.74, 6) is -14.6. The van der Waals surface area contributed by atoms with Gasteiger partial charge in [-0.2, -0.15) is 47.9 Å². The highest BCUT2D eigenvalue weighted by Gasteiger charge is 2.86. The summed E-state index contributed by atoms with van der Waals surface area (Å²) in [7, 11) is -6.81. The minimum atomic E-state index is -7.30. The zero-order valence-corrected chi connectivity index (χ0v) is 13.5. The maximum absolute atomic E-state index is 13.2. The molecule has 13 heteroatoms. The van der Waals surface area contributed by atoms with Crippen LogP contribution < -0.4 is 0 Å². The quantitative estimate of drug-likeness (QED) is 0.214. The number of allylic oxidation sites excluding steroid dienone is 1. The van der Waals surface area contributed by atoms with Gasteiger partial charge in [0, 0.05) is 0 Å². The number of hydrogen-bond donors (Lipinski definition) is 0. The molecule has 0 N–H and O–H groups in total. The summed E-state index contributed by atoms with van der Waals surface area (Å²) >= 11 is 0. The Hall–Kier alpha value is -1.14. The van der Waals surface area contributed by atoms with E-state index in [4.69, 9.17) is 0 Å². The molecule has 0 aromatic rings. The molecule has 0 atom stereocenters. The molecule has 0 fully saturated rings. The molecule has 0 aliphatic rings. The van der Waals surface area contributed by atoms with Crippen molar-refractivity contribution in [1.82, 2.24) is 0 Å². The van der Waals surface area contributed by atoms with Gasteiger partial charge in [-0.3, -0.25) is 0 Å². The summed E-state index contributed by atoms with van der Waals surface area (Å²) in [5, 5.41) is -6.83. The highest BCUT2D eigenvalue weighted by Crippen LogP contribution is 2.54. The van der Waals surface area contributed by atoms with E-state index in [1.807, 2.05) is 6.92 Å². The molecule has 0 aliphatic carbocycles. The van der Waals surface area contributed by atoms with E-state index in [0.29, 0.717) is 12.8 Å². The lowest BCUT2D eigenvalue weighted by Gasteiger charge is -2.32. The number of halogens is 9. The molecule has 0 spiro atoms. The molecule has 0 saturated carbocycles. The van der Waals surface area contributed by atoms with Crippen LogP contribution in [0.1, 0.15) is 39.0 Å². The van der Waals surface area contributed by atoms with Gasteiger partial charge in [-0.25, -0.2) is 0 Å². The van der Waals surface area contributed by atoms with Crippen LogP contribution in [0.2, 0.25) is 0 Å². The lowest BCUT2D eigenvalue weighted by Crippen LogP contribution is -2.63. The van der Waals surface area contributed by atoms with E-state index >= 15 is 0 Å². The third-order valence-corrected chi connectivity index (χ3v) is 4.18.